The first-order valence-corrected chi connectivity index (χ1v) is 11.9. The molecule has 2 amide bonds. The zero-order valence-electron chi connectivity index (χ0n) is 18.9. The number of amides is 2. The summed E-state index contributed by atoms with van der Waals surface area (Å²) in [6.45, 7) is 1.78. The van der Waals surface area contributed by atoms with Crippen molar-refractivity contribution in [2.24, 2.45) is 17.8 Å². The number of urea groups is 1. The molecule has 1 heterocycles. The molecule has 4 unspecified atom stereocenters. The van der Waals surface area contributed by atoms with Crippen molar-refractivity contribution in [2.75, 3.05) is 33.7 Å². The topological polar surface area (TPSA) is 76.0 Å². The highest BCUT2D eigenvalue weighted by atomic mass is 16.3. The fraction of sp³-hybridized carbons (Fsp3) is 0.720. The molecule has 4 atom stereocenters. The van der Waals surface area contributed by atoms with E-state index in [2.05, 4.69) is 10.2 Å². The Kier molecular flexibility index (Phi) is 5.11. The monoisotopic (exact) mass is 427 g/mol. The summed E-state index contributed by atoms with van der Waals surface area (Å²) in [5, 5.41) is 26.1. The quantitative estimate of drug-likeness (QED) is 0.690. The number of benzene rings is 1. The minimum Gasteiger partial charge on any atom is -0.390 e. The van der Waals surface area contributed by atoms with Crippen LogP contribution in [0.1, 0.15) is 50.5 Å². The van der Waals surface area contributed by atoms with Gasteiger partial charge >= 0.3 is 6.03 Å². The third-order valence-electron chi connectivity index (χ3n) is 8.43. The molecule has 31 heavy (non-hydrogen) atoms. The summed E-state index contributed by atoms with van der Waals surface area (Å²) in [7, 11) is 4.03. The van der Waals surface area contributed by atoms with Gasteiger partial charge in [-0.05, 0) is 76.4 Å². The van der Waals surface area contributed by atoms with Crippen LogP contribution in [-0.2, 0) is 5.60 Å². The number of rotatable bonds is 4. The second kappa shape index (κ2) is 7.46. The fourth-order valence-electron chi connectivity index (χ4n) is 7.62. The molecule has 5 fully saturated rings. The van der Waals surface area contributed by atoms with E-state index in [-0.39, 0.29) is 17.5 Å². The average Bonchev–Trinajstić information content (AvgIpc) is 2.67. The number of nitrogens with zero attached hydrogens (tertiary/aromatic N) is 2. The maximum Gasteiger partial charge on any atom is 0.317 e. The van der Waals surface area contributed by atoms with Crippen LogP contribution in [0.2, 0.25) is 0 Å². The van der Waals surface area contributed by atoms with E-state index in [4.69, 9.17) is 0 Å². The molecule has 4 bridgehead atoms. The average molecular weight is 428 g/mol. The molecule has 6 rings (SSSR count). The Labute approximate surface area is 185 Å². The third kappa shape index (κ3) is 3.87. The zero-order chi connectivity index (χ0) is 21.9. The Morgan fingerprint density at radius 3 is 2.42 bits per heavy atom. The van der Waals surface area contributed by atoms with E-state index in [0.29, 0.717) is 44.3 Å². The number of piperidine rings is 1. The van der Waals surface area contributed by atoms with Gasteiger partial charge in [0.2, 0.25) is 0 Å². The van der Waals surface area contributed by atoms with Crippen LogP contribution >= 0.6 is 0 Å². The van der Waals surface area contributed by atoms with Gasteiger partial charge in [0.05, 0.1) is 11.2 Å². The number of likely N-dealkylation sites (tertiary alicyclic amines) is 1. The number of aliphatic hydroxyl groups is 2. The minimum absolute atomic E-state index is 0.0237. The molecular weight excluding hydrogens is 390 g/mol. The van der Waals surface area contributed by atoms with Crippen LogP contribution in [0, 0.1) is 17.8 Å². The number of hydrogen-bond donors (Lipinski definition) is 3. The molecule has 4 saturated carbocycles. The van der Waals surface area contributed by atoms with E-state index in [9.17, 15) is 15.0 Å². The largest absolute Gasteiger partial charge is 0.390 e. The van der Waals surface area contributed by atoms with Crippen LogP contribution in [0.5, 0.6) is 0 Å². The molecule has 1 aromatic rings. The Morgan fingerprint density at radius 2 is 1.81 bits per heavy atom. The molecule has 0 radical (unpaired) electrons. The molecule has 6 nitrogen and oxygen atoms in total. The van der Waals surface area contributed by atoms with Crippen LogP contribution in [0.15, 0.2) is 30.3 Å². The van der Waals surface area contributed by atoms with Gasteiger partial charge in [-0.1, -0.05) is 30.3 Å². The lowest BCUT2D eigenvalue weighted by Crippen LogP contribution is -2.67. The minimum atomic E-state index is -0.932. The number of carbonyl (C=O) groups is 1. The Morgan fingerprint density at radius 1 is 1.13 bits per heavy atom. The molecule has 0 aromatic heterocycles. The van der Waals surface area contributed by atoms with Crippen LogP contribution < -0.4 is 5.32 Å². The van der Waals surface area contributed by atoms with Crippen molar-refractivity contribution in [3.8, 4) is 0 Å². The molecule has 5 aliphatic rings. The van der Waals surface area contributed by atoms with E-state index in [1.54, 1.807) is 0 Å². The van der Waals surface area contributed by atoms with Crippen molar-refractivity contribution < 1.29 is 15.0 Å². The molecule has 1 saturated heterocycles. The van der Waals surface area contributed by atoms with E-state index in [1.165, 1.54) is 6.42 Å². The van der Waals surface area contributed by atoms with E-state index in [0.717, 1.165) is 31.2 Å². The van der Waals surface area contributed by atoms with Crippen molar-refractivity contribution >= 4 is 6.03 Å². The van der Waals surface area contributed by atoms with Crippen molar-refractivity contribution in [2.45, 2.75) is 61.7 Å². The summed E-state index contributed by atoms with van der Waals surface area (Å²) in [6, 6.07) is 9.87. The SMILES string of the molecule is CN(C)CC1CN(C(=O)NC23CC4CC(CC(O)(C4)C2)C3)CCC1(O)c1ccccc1. The van der Waals surface area contributed by atoms with Gasteiger partial charge in [0.25, 0.3) is 0 Å². The number of hydrogen-bond acceptors (Lipinski definition) is 4. The maximum absolute atomic E-state index is 13.4. The van der Waals surface area contributed by atoms with Crippen molar-refractivity contribution in [3.05, 3.63) is 35.9 Å². The summed E-state index contributed by atoms with van der Waals surface area (Å²) in [5.74, 6) is 1.01. The Hall–Kier alpha value is -1.63. The summed E-state index contributed by atoms with van der Waals surface area (Å²) >= 11 is 0. The fourth-order valence-corrected chi connectivity index (χ4v) is 7.62. The molecular formula is C25H37N3O3. The normalized spacial score (nSPS) is 41.6. The van der Waals surface area contributed by atoms with Crippen LogP contribution in [0.4, 0.5) is 4.79 Å². The molecule has 170 valence electrons. The first-order chi connectivity index (χ1) is 14.7. The highest BCUT2D eigenvalue weighted by Gasteiger charge is 2.58. The van der Waals surface area contributed by atoms with Gasteiger partial charge in [-0.25, -0.2) is 4.79 Å². The lowest BCUT2D eigenvalue weighted by atomic mass is 9.51. The van der Waals surface area contributed by atoms with Gasteiger partial charge in [0.1, 0.15) is 0 Å². The van der Waals surface area contributed by atoms with Crippen molar-refractivity contribution in [3.63, 3.8) is 0 Å². The molecule has 3 N–H and O–H groups in total. The molecule has 1 aromatic carbocycles. The first kappa shape index (κ1) is 21.2. The Bertz CT molecular complexity index is 815. The van der Waals surface area contributed by atoms with Crippen molar-refractivity contribution in [1.82, 2.24) is 15.1 Å². The summed E-state index contributed by atoms with van der Waals surface area (Å²) in [6.07, 6.45) is 6.24. The molecule has 4 aliphatic carbocycles. The second-order valence-electron chi connectivity index (χ2n) is 11.3. The molecule has 6 heteroatoms. The van der Waals surface area contributed by atoms with E-state index >= 15 is 0 Å². The number of carbonyl (C=O) groups excluding carboxylic acids is 1. The van der Waals surface area contributed by atoms with Gasteiger partial charge < -0.3 is 25.3 Å². The zero-order valence-corrected chi connectivity index (χ0v) is 18.9. The van der Waals surface area contributed by atoms with Gasteiger partial charge in [0, 0.05) is 31.1 Å². The third-order valence-corrected chi connectivity index (χ3v) is 8.43. The molecule has 0 spiro atoms. The van der Waals surface area contributed by atoms with E-state index < -0.39 is 11.2 Å². The van der Waals surface area contributed by atoms with Gasteiger partial charge in [-0.15, -0.1) is 0 Å². The van der Waals surface area contributed by atoms with Crippen LogP contribution in [0.3, 0.4) is 0 Å². The lowest BCUT2D eigenvalue weighted by Gasteiger charge is -2.60. The van der Waals surface area contributed by atoms with Crippen LogP contribution in [0.25, 0.3) is 0 Å². The van der Waals surface area contributed by atoms with Gasteiger partial charge in [-0.2, -0.15) is 0 Å². The van der Waals surface area contributed by atoms with Gasteiger partial charge in [0.15, 0.2) is 0 Å². The summed E-state index contributed by atoms with van der Waals surface area (Å²) in [4.78, 5) is 17.4. The highest BCUT2D eigenvalue weighted by Crippen LogP contribution is 2.57. The van der Waals surface area contributed by atoms with Gasteiger partial charge in [-0.3, -0.25) is 0 Å². The smallest absolute Gasteiger partial charge is 0.317 e. The van der Waals surface area contributed by atoms with Crippen LogP contribution in [-0.4, -0.2) is 70.9 Å². The Balaban J connectivity index is 1.32. The maximum atomic E-state index is 13.4. The second-order valence-corrected chi connectivity index (χ2v) is 11.3. The summed E-state index contributed by atoms with van der Waals surface area (Å²) < 4.78 is 0. The van der Waals surface area contributed by atoms with Crippen molar-refractivity contribution in [1.29, 1.82) is 0 Å². The highest BCUT2D eigenvalue weighted by molar-refractivity contribution is 5.75. The summed E-state index contributed by atoms with van der Waals surface area (Å²) in [5.41, 5.74) is -0.830. The standard InChI is InChI=1S/C25H37N3O3/c1-27(2)15-21-16-28(9-8-25(21,31)20-6-4-3-5-7-20)22(29)26-23-11-18-10-19(12-23)14-24(30,13-18)17-23/h3-7,18-19,21,30-31H,8-17H2,1-2H3,(H,26,29). The lowest BCUT2D eigenvalue weighted by molar-refractivity contribution is -0.140. The predicted octanol–water partition coefficient (Wildman–Crippen LogP) is 2.55. The predicted molar refractivity (Wildman–Crippen MR) is 119 cm³/mol. The molecule has 1 aliphatic heterocycles. The number of nitrogens with one attached hydrogen (secondary N) is 1. The van der Waals surface area contributed by atoms with E-state index in [1.807, 2.05) is 49.3 Å². The first-order valence-electron chi connectivity index (χ1n) is 11.9.